The number of benzene rings is 1. The van der Waals surface area contributed by atoms with Gasteiger partial charge in [-0.2, -0.15) is 0 Å². The minimum atomic E-state index is 0.0367. The van der Waals surface area contributed by atoms with Gasteiger partial charge in [0.15, 0.2) is 5.78 Å². The Hall–Kier alpha value is -1.91. The fourth-order valence-electron chi connectivity index (χ4n) is 1.52. The molecule has 5 nitrogen and oxygen atoms in total. The molecule has 0 saturated carbocycles. The molecule has 0 aliphatic rings. The number of aromatic nitrogens is 3. The SMILES string of the molecule is CNc1cc(C(C)=O)cc2c1nnn2C. The van der Waals surface area contributed by atoms with Gasteiger partial charge in [0.05, 0.1) is 11.2 Å². The number of carbonyl (C=O) groups excluding carboxylic acids is 1. The predicted octanol–water partition coefficient (Wildman–Crippen LogP) is 1.21. The highest BCUT2D eigenvalue weighted by molar-refractivity contribution is 6.01. The smallest absolute Gasteiger partial charge is 0.159 e. The average molecular weight is 204 g/mol. The summed E-state index contributed by atoms with van der Waals surface area (Å²) < 4.78 is 1.66. The molecule has 78 valence electrons. The molecule has 0 atom stereocenters. The van der Waals surface area contributed by atoms with E-state index in [1.807, 2.05) is 0 Å². The summed E-state index contributed by atoms with van der Waals surface area (Å²) in [7, 11) is 3.60. The average Bonchev–Trinajstić information content (AvgIpc) is 2.59. The topological polar surface area (TPSA) is 59.8 Å². The molecular formula is C10H12N4O. The van der Waals surface area contributed by atoms with Gasteiger partial charge in [-0.15, -0.1) is 5.10 Å². The quantitative estimate of drug-likeness (QED) is 0.747. The molecule has 1 aromatic heterocycles. The van der Waals surface area contributed by atoms with E-state index in [-0.39, 0.29) is 5.78 Å². The van der Waals surface area contributed by atoms with Gasteiger partial charge < -0.3 is 5.32 Å². The summed E-state index contributed by atoms with van der Waals surface area (Å²) in [4.78, 5) is 11.3. The molecule has 0 unspecified atom stereocenters. The van der Waals surface area contributed by atoms with Crippen molar-refractivity contribution in [2.45, 2.75) is 6.92 Å². The summed E-state index contributed by atoms with van der Waals surface area (Å²) in [6.07, 6.45) is 0. The molecule has 0 amide bonds. The van der Waals surface area contributed by atoms with Gasteiger partial charge in [0.2, 0.25) is 0 Å². The van der Waals surface area contributed by atoms with E-state index in [0.29, 0.717) is 5.56 Å². The van der Waals surface area contributed by atoms with Crippen LogP contribution < -0.4 is 5.32 Å². The van der Waals surface area contributed by atoms with Crippen molar-refractivity contribution in [1.82, 2.24) is 15.0 Å². The van der Waals surface area contributed by atoms with Crippen LogP contribution in [0, 0.1) is 0 Å². The van der Waals surface area contributed by atoms with Crippen LogP contribution in [0.2, 0.25) is 0 Å². The third-order valence-corrected chi connectivity index (χ3v) is 2.39. The first-order chi connectivity index (χ1) is 7.13. The molecule has 0 radical (unpaired) electrons. The number of aryl methyl sites for hydroxylation is 1. The van der Waals surface area contributed by atoms with Crippen LogP contribution in [-0.2, 0) is 7.05 Å². The normalized spacial score (nSPS) is 10.6. The number of anilines is 1. The van der Waals surface area contributed by atoms with Crippen molar-refractivity contribution in [3.05, 3.63) is 17.7 Å². The Morgan fingerprint density at radius 2 is 2.20 bits per heavy atom. The van der Waals surface area contributed by atoms with E-state index < -0.39 is 0 Å². The van der Waals surface area contributed by atoms with Gasteiger partial charge >= 0.3 is 0 Å². The van der Waals surface area contributed by atoms with Gasteiger partial charge in [0.25, 0.3) is 0 Å². The number of hydrogen-bond acceptors (Lipinski definition) is 4. The molecule has 0 bridgehead atoms. The van der Waals surface area contributed by atoms with Crippen LogP contribution in [0.15, 0.2) is 12.1 Å². The Kier molecular flexibility index (Phi) is 2.15. The van der Waals surface area contributed by atoms with Crippen molar-refractivity contribution in [2.24, 2.45) is 7.05 Å². The van der Waals surface area contributed by atoms with Crippen molar-refractivity contribution in [2.75, 3.05) is 12.4 Å². The maximum absolute atomic E-state index is 11.3. The number of Topliss-reactive ketones (excluding diaryl/α,β-unsaturated/α-hetero) is 1. The van der Waals surface area contributed by atoms with Crippen molar-refractivity contribution >= 4 is 22.5 Å². The molecule has 2 rings (SSSR count). The molecule has 1 aromatic carbocycles. The van der Waals surface area contributed by atoms with Crippen LogP contribution in [0.5, 0.6) is 0 Å². The van der Waals surface area contributed by atoms with Crippen LogP contribution in [0.4, 0.5) is 5.69 Å². The molecule has 5 heteroatoms. The third-order valence-electron chi connectivity index (χ3n) is 2.39. The zero-order chi connectivity index (χ0) is 11.0. The molecule has 1 heterocycles. The fraction of sp³-hybridized carbons (Fsp3) is 0.300. The second kappa shape index (κ2) is 3.34. The maximum atomic E-state index is 11.3. The molecule has 0 aliphatic carbocycles. The third kappa shape index (κ3) is 1.45. The van der Waals surface area contributed by atoms with E-state index in [9.17, 15) is 4.79 Å². The summed E-state index contributed by atoms with van der Waals surface area (Å²) >= 11 is 0. The molecule has 0 saturated heterocycles. The molecule has 2 aromatic rings. The summed E-state index contributed by atoms with van der Waals surface area (Å²) in [5.74, 6) is 0.0367. The predicted molar refractivity (Wildman–Crippen MR) is 58.1 cm³/mol. The number of nitrogens with zero attached hydrogens (tertiary/aromatic N) is 3. The minimum Gasteiger partial charge on any atom is -0.386 e. The van der Waals surface area contributed by atoms with E-state index in [4.69, 9.17) is 0 Å². The molecule has 0 fully saturated rings. The standard InChI is InChI=1S/C10H12N4O/c1-6(15)7-4-8(11-2)10-9(5-7)14(3)13-12-10/h4-5,11H,1-3H3. The van der Waals surface area contributed by atoms with Gasteiger partial charge in [-0.3, -0.25) is 4.79 Å². The largest absolute Gasteiger partial charge is 0.386 e. The van der Waals surface area contributed by atoms with Crippen LogP contribution in [0.1, 0.15) is 17.3 Å². The highest BCUT2D eigenvalue weighted by Gasteiger charge is 2.10. The Balaban J connectivity index is 2.79. The number of carbonyl (C=O) groups is 1. The number of hydrogen-bond donors (Lipinski definition) is 1. The van der Waals surface area contributed by atoms with Crippen molar-refractivity contribution in [3.63, 3.8) is 0 Å². The molecule has 1 N–H and O–H groups in total. The highest BCUT2D eigenvalue weighted by Crippen LogP contribution is 2.22. The van der Waals surface area contributed by atoms with E-state index in [2.05, 4.69) is 15.6 Å². The van der Waals surface area contributed by atoms with Crippen molar-refractivity contribution in [3.8, 4) is 0 Å². The minimum absolute atomic E-state index is 0.0367. The van der Waals surface area contributed by atoms with E-state index in [1.165, 1.54) is 0 Å². The molecule has 0 aliphatic heterocycles. The van der Waals surface area contributed by atoms with E-state index >= 15 is 0 Å². The Morgan fingerprint density at radius 1 is 1.47 bits per heavy atom. The lowest BCUT2D eigenvalue weighted by molar-refractivity contribution is 0.101. The van der Waals surface area contributed by atoms with Gasteiger partial charge in [-0.1, -0.05) is 5.21 Å². The fourth-order valence-corrected chi connectivity index (χ4v) is 1.52. The Morgan fingerprint density at radius 3 is 2.80 bits per heavy atom. The number of fused-ring (bicyclic) bond motifs is 1. The summed E-state index contributed by atoms with van der Waals surface area (Å²) in [6.45, 7) is 1.55. The van der Waals surface area contributed by atoms with Crippen LogP contribution in [0.25, 0.3) is 11.0 Å². The second-order valence-electron chi connectivity index (χ2n) is 3.41. The summed E-state index contributed by atoms with van der Waals surface area (Å²) in [5, 5.41) is 11.0. The van der Waals surface area contributed by atoms with Gasteiger partial charge in [0.1, 0.15) is 5.52 Å². The van der Waals surface area contributed by atoms with Gasteiger partial charge in [-0.05, 0) is 19.1 Å². The highest BCUT2D eigenvalue weighted by atomic mass is 16.1. The lowest BCUT2D eigenvalue weighted by Crippen LogP contribution is -1.98. The molecule has 0 spiro atoms. The molecule has 15 heavy (non-hydrogen) atoms. The Bertz CT molecular complexity index is 529. The van der Waals surface area contributed by atoms with Crippen molar-refractivity contribution in [1.29, 1.82) is 0 Å². The van der Waals surface area contributed by atoms with E-state index in [0.717, 1.165) is 16.7 Å². The van der Waals surface area contributed by atoms with Crippen LogP contribution >= 0.6 is 0 Å². The lowest BCUT2D eigenvalue weighted by atomic mass is 10.1. The van der Waals surface area contributed by atoms with Crippen molar-refractivity contribution < 1.29 is 4.79 Å². The second-order valence-corrected chi connectivity index (χ2v) is 3.41. The van der Waals surface area contributed by atoms with Crippen LogP contribution in [-0.4, -0.2) is 27.8 Å². The zero-order valence-corrected chi connectivity index (χ0v) is 8.90. The first-order valence-corrected chi connectivity index (χ1v) is 4.65. The lowest BCUT2D eigenvalue weighted by Gasteiger charge is -2.03. The summed E-state index contributed by atoms with van der Waals surface area (Å²) in [5.41, 5.74) is 3.13. The first-order valence-electron chi connectivity index (χ1n) is 4.65. The van der Waals surface area contributed by atoms with Crippen LogP contribution in [0.3, 0.4) is 0 Å². The van der Waals surface area contributed by atoms with E-state index in [1.54, 1.807) is 37.8 Å². The monoisotopic (exact) mass is 204 g/mol. The number of nitrogens with one attached hydrogen (secondary N) is 1. The molecular weight excluding hydrogens is 192 g/mol. The van der Waals surface area contributed by atoms with Gasteiger partial charge in [0, 0.05) is 19.7 Å². The Labute approximate surface area is 87.1 Å². The maximum Gasteiger partial charge on any atom is 0.159 e. The number of rotatable bonds is 2. The van der Waals surface area contributed by atoms with Gasteiger partial charge in [-0.25, -0.2) is 4.68 Å². The zero-order valence-electron chi connectivity index (χ0n) is 8.90. The number of ketones is 1. The first kappa shape index (κ1) is 9.64. The summed E-state index contributed by atoms with van der Waals surface area (Å²) in [6, 6.07) is 3.60.